The van der Waals surface area contributed by atoms with Crippen molar-refractivity contribution in [3.05, 3.63) is 94.5 Å². The van der Waals surface area contributed by atoms with E-state index in [1.54, 1.807) is 6.07 Å². The minimum atomic E-state index is -1.06. The topological polar surface area (TPSA) is 102 Å². The molecule has 8 nitrogen and oxygen atoms in total. The van der Waals surface area contributed by atoms with Crippen LogP contribution >= 0.6 is 0 Å². The molecule has 3 aromatic carbocycles. The second kappa shape index (κ2) is 12.2. The van der Waals surface area contributed by atoms with Gasteiger partial charge in [-0.2, -0.15) is 0 Å². The lowest BCUT2D eigenvalue weighted by Crippen LogP contribution is -2.40. The number of likely N-dealkylation sites (tertiary alicyclic amines) is 1. The molecule has 2 heterocycles. The smallest absolute Gasteiger partial charge is 0.335 e. The minimum absolute atomic E-state index is 0.0909. The number of piperidine rings is 1. The van der Waals surface area contributed by atoms with E-state index in [0.717, 1.165) is 59.6 Å². The number of rotatable bonds is 9. The van der Waals surface area contributed by atoms with E-state index in [1.807, 2.05) is 48.2 Å². The molecule has 0 radical (unpaired) electrons. The number of carbonyl (C=O) groups is 3. The lowest BCUT2D eigenvalue weighted by atomic mass is 9.97. The molecule has 40 heavy (non-hydrogen) atoms. The summed E-state index contributed by atoms with van der Waals surface area (Å²) in [4.78, 5) is 40.1. The number of carbonyl (C=O) groups excluding carboxylic acids is 2. The number of anilines is 2. The Bertz CT molecular complexity index is 1440. The number of carboxylic acid groups (broad SMARTS) is 1. The quantitative estimate of drug-likeness (QED) is 0.253. The van der Waals surface area contributed by atoms with Gasteiger partial charge in [-0.3, -0.25) is 14.5 Å². The third-order valence-corrected chi connectivity index (χ3v) is 7.68. The Balaban J connectivity index is 1.42. The summed E-state index contributed by atoms with van der Waals surface area (Å²) in [6.07, 6.45) is 4.12. The summed E-state index contributed by atoms with van der Waals surface area (Å²) in [5.74, 6) is -0.890. The van der Waals surface area contributed by atoms with E-state index in [1.165, 1.54) is 18.6 Å². The second-order valence-electron chi connectivity index (χ2n) is 10.4. The Morgan fingerprint density at radius 3 is 2.38 bits per heavy atom. The SMILES string of the molecule is C/C(=C(\Nc1ccc2c(c1)CN(C(=O)CN1CCCCC1)C2)c1ccccc1)c1ccc(C(=O)O)cc1NC=O. The third-order valence-electron chi connectivity index (χ3n) is 7.68. The fraction of sp³-hybridized carbons (Fsp3) is 0.281. The van der Waals surface area contributed by atoms with Gasteiger partial charge < -0.3 is 20.6 Å². The molecule has 206 valence electrons. The first-order chi connectivity index (χ1) is 19.4. The first-order valence-electron chi connectivity index (χ1n) is 13.7. The van der Waals surface area contributed by atoms with Crippen molar-refractivity contribution < 1.29 is 19.5 Å². The highest BCUT2D eigenvalue weighted by Gasteiger charge is 2.25. The van der Waals surface area contributed by atoms with Gasteiger partial charge in [-0.05, 0) is 79.4 Å². The van der Waals surface area contributed by atoms with Crippen LogP contribution in [-0.2, 0) is 22.7 Å². The van der Waals surface area contributed by atoms with Crippen molar-refractivity contribution in [2.45, 2.75) is 39.3 Å². The molecule has 1 saturated heterocycles. The summed E-state index contributed by atoms with van der Waals surface area (Å²) < 4.78 is 0. The van der Waals surface area contributed by atoms with Crippen LogP contribution in [0.25, 0.3) is 11.3 Å². The zero-order valence-electron chi connectivity index (χ0n) is 22.7. The monoisotopic (exact) mass is 538 g/mol. The molecular formula is C32H34N4O4. The molecule has 0 atom stereocenters. The minimum Gasteiger partial charge on any atom is -0.478 e. The van der Waals surface area contributed by atoms with Crippen LogP contribution < -0.4 is 10.6 Å². The number of benzene rings is 3. The number of fused-ring (bicyclic) bond motifs is 1. The summed E-state index contributed by atoms with van der Waals surface area (Å²) in [5.41, 5.74) is 6.98. The Morgan fingerprint density at radius 1 is 0.900 bits per heavy atom. The second-order valence-corrected chi connectivity index (χ2v) is 10.4. The van der Waals surface area contributed by atoms with Crippen LogP contribution in [0.2, 0.25) is 0 Å². The largest absolute Gasteiger partial charge is 0.478 e. The van der Waals surface area contributed by atoms with Gasteiger partial charge in [-0.15, -0.1) is 0 Å². The molecule has 5 rings (SSSR count). The maximum Gasteiger partial charge on any atom is 0.335 e. The molecule has 0 unspecified atom stereocenters. The molecule has 8 heteroatoms. The van der Waals surface area contributed by atoms with Crippen molar-refractivity contribution in [2.24, 2.45) is 0 Å². The Kier molecular flexibility index (Phi) is 8.26. The molecule has 2 aliphatic rings. The molecule has 3 aromatic rings. The predicted octanol–water partition coefficient (Wildman–Crippen LogP) is 5.28. The zero-order chi connectivity index (χ0) is 28.1. The Morgan fingerprint density at radius 2 is 1.65 bits per heavy atom. The van der Waals surface area contributed by atoms with E-state index in [2.05, 4.69) is 27.7 Å². The molecule has 1 fully saturated rings. The van der Waals surface area contributed by atoms with Gasteiger partial charge in [0, 0.05) is 35.7 Å². The first-order valence-corrected chi connectivity index (χ1v) is 13.7. The number of nitrogens with zero attached hydrogens (tertiary/aromatic N) is 2. The third kappa shape index (κ3) is 6.07. The molecule has 0 bridgehead atoms. The standard InChI is InChI=1S/C32H34N4O4/c1-22(28-13-11-24(32(39)40)17-29(28)33-21-37)31(23-8-4-2-5-9-23)34-27-12-10-25-18-36(19-26(25)16-27)30(38)20-35-14-6-3-7-15-35/h2,4-5,8-13,16-17,21,34H,3,6-7,14-15,18-20H2,1H3,(H,33,37)(H,39,40)/b31-22+. The van der Waals surface area contributed by atoms with Crippen molar-refractivity contribution >= 4 is 40.9 Å². The number of nitrogens with one attached hydrogen (secondary N) is 2. The zero-order valence-corrected chi connectivity index (χ0v) is 22.7. The Hall–Kier alpha value is -4.43. The average Bonchev–Trinajstić information content (AvgIpc) is 3.40. The highest BCUT2D eigenvalue weighted by Crippen LogP contribution is 2.34. The maximum atomic E-state index is 13.0. The normalized spacial score (nSPS) is 15.7. The van der Waals surface area contributed by atoms with Crippen molar-refractivity contribution in [1.82, 2.24) is 9.80 Å². The molecule has 2 aliphatic heterocycles. The van der Waals surface area contributed by atoms with E-state index in [-0.39, 0.29) is 11.5 Å². The van der Waals surface area contributed by atoms with Crippen molar-refractivity contribution in [1.29, 1.82) is 0 Å². The van der Waals surface area contributed by atoms with Gasteiger partial charge in [0.25, 0.3) is 0 Å². The van der Waals surface area contributed by atoms with Gasteiger partial charge in [0.05, 0.1) is 12.1 Å². The van der Waals surface area contributed by atoms with E-state index in [4.69, 9.17) is 0 Å². The van der Waals surface area contributed by atoms with Crippen molar-refractivity contribution in [2.75, 3.05) is 30.3 Å². The fourth-order valence-corrected chi connectivity index (χ4v) is 5.51. The maximum absolute atomic E-state index is 13.0. The molecular weight excluding hydrogens is 504 g/mol. The molecule has 0 aliphatic carbocycles. The summed E-state index contributed by atoms with van der Waals surface area (Å²) >= 11 is 0. The van der Waals surface area contributed by atoms with Crippen molar-refractivity contribution in [3.63, 3.8) is 0 Å². The lowest BCUT2D eigenvalue weighted by Gasteiger charge is -2.27. The Labute approximate surface area is 234 Å². The number of hydrogen-bond donors (Lipinski definition) is 3. The first kappa shape index (κ1) is 27.1. The molecule has 3 N–H and O–H groups in total. The number of aromatic carboxylic acids is 1. The summed E-state index contributed by atoms with van der Waals surface area (Å²) in [7, 11) is 0. The van der Waals surface area contributed by atoms with E-state index in [0.29, 0.717) is 37.3 Å². The predicted molar refractivity (Wildman–Crippen MR) is 157 cm³/mol. The van der Waals surface area contributed by atoms with Crippen molar-refractivity contribution in [3.8, 4) is 0 Å². The van der Waals surface area contributed by atoms with Gasteiger partial charge in [0.2, 0.25) is 12.3 Å². The van der Waals surface area contributed by atoms with Gasteiger partial charge >= 0.3 is 5.97 Å². The molecule has 0 saturated carbocycles. The van der Waals surface area contributed by atoms with Crippen LogP contribution in [0.15, 0.2) is 66.7 Å². The summed E-state index contributed by atoms with van der Waals surface area (Å²) in [6.45, 7) is 5.63. The fourth-order valence-electron chi connectivity index (χ4n) is 5.51. The molecule has 0 aromatic heterocycles. The van der Waals surface area contributed by atoms with Gasteiger partial charge in [0.1, 0.15) is 0 Å². The van der Waals surface area contributed by atoms with Crippen LogP contribution in [0.1, 0.15) is 58.8 Å². The van der Waals surface area contributed by atoms with E-state index >= 15 is 0 Å². The number of amides is 2. The molecule has 2 amide bonds. The van der Waals surface area contributed by atoms with Crippen LogP contribution in [0, 0.1) is 0 Å². The van der Waals surface area contributed by atoms with Crippen LogP contribution in [0.4, 0.5) is 11.4 Å². The van der Waals surface area contributed by atoms with Crippen LogP contribution in [-0.4, -0.2) is 52.8 Å². The summed E-state index contributed by atoms with van der Waals surface area (Å²) in [5, 5.41) is 15.7. The number of hydrogen-bond acceptors (Lipinski definition) is 5. The summed E-state index contributed by atoms with van der Waals surface area (Å²) in [6, 6.07) is 20.7. The average molecular weight is 539 g/mol. The lowest BCUT2D eigenvalue weighted by molar-refractivity contribution is -0.133. The number of carboxylic acids is 1. The highest BCUT2D eigenvalue weighted by atomic mass is 16.4. The molecule has 0 spiro atoms. The van der Waals surface area contributed by atoms with E-state index < -0.39 is 5.97 Å². The highest BCUT2D eigenvalue weighted by molar-refractivity contribution is 6.00. The van der Waals surface area contributed by atoms with Gasteiger partial charge in [0.15, 0.2) is 0 Å². The van der Waals surface area contributed by atoms with Gasteiger partial charge in [-0.25, -0.2) is 4.79 Å². The van der Waals surface area contributed by atoms with Crippen LogP contribution in [0.5, 0.6) is 0 Å². The van der Waals surface area contributed by atoms with Crippen LogP contribution in [0.3, 0.4) is 0 Å². The number of allylic oxidation sites excluding steroid dienone is 1. The van der Waals surface area contributed by atoms with Gasteiger partial charge in [-0.1, -0.05) is 48.9 Å². The van der Waals surface area contributed by atoms with E-state index in [9.17, 15) is 19.5 Å².